The normalized spacial score (nSPS) is 12.8. The third kappa shape index (κ3) is 2.66. The zero-order chi connectivity index (χ0) is 12.6. The third-order valence-electron chi connectivity index (χ3n) is 2.79. The monoisotopic (exact) mass is 285 g/mol. The van der Waals surface area contributed by atoms with E-state index in [4.69, 9.17) is 28.9 Å². The molecule has 2 N–H and O–H groups in total. The molecule has 1 heterocycles. The molecule has 0 amide bonds. The highest BCUT2D eigenvalue weighted by molar-refractivity contribution is 7.12. The summed E-state index contributed by atoms with van der Waals surface area (Å²) in [5.74, 6) is 0. The molecule has 0 fully saturated rings. The maximum absolute atomic E-state index is 6.23. The Morgan fingerprint density at radius 2 is 1.82 bits per heavy atom. The quantitative estimate of drug-likeness (QED) is 0.849. The van der Waals surface area contributed by atoms with Crippen molar-refractivity contribution >= 4 is 34.5 Å². The van der Waals surface area contributed by atoms with E-state index < -0.39 is 0 Å². The molecule has 2 aromatic rings. The van der Waals surface area contributed by atoms with Crippen LogP contribution in [0.4, 0.5) is 0 Å². The van der Waals surface area contributed by atoms with Gasteiger partial charge in [-0.3, -0.25) is 0 Å². The Balaban J connectivity index is 2.36. The summed E-state index contributed by atoms with van der Waals surface area (Å²) in [6.07, 6.45) is 0. The first-order valence-corrected chi connectivity index (χ1v) is 6.83. The van der Waals surface area contributed by atoms with Crippen LogP contribution in [0.5, 0.6) is 0 Å². The van der Waals surface area contributed by atoms with Crippen LogP contribution >= 0.6 is 34.5 Å². The van der Waals surface area contributed by atoms with E-state index >= 15 is 0 Å². The van der Waals surface area contributed by atoms with E-state index in [0.29, 0.717) is 10.0 Å². The Morgan fingerprint density at radius 3 is 2.35 bits per heavy atom. The molecule has 1 aromatic carbocycles. The first kappa shape index (κ1) is 12.9. The van der Waals surface area contributed by atoms with E-state index in [0.717, 1.165) is 10.4 Å². The molecule has 0 radical (unpaired) electrons. The standard InChI is InChI=1S/C13H13Cl2NS/c1-7-5-12(17-8(7)2)13(16)9-3-4-10(14)11(15)6-9/h3-6,13H,16H2,1-2H3. The Kier molecular flexibility index (Phi) is 3.79. The lowest BCUT2D eigenvalue weighted by Gasteiger charge is -2.10. The van der Waals surface area contributed by atoms with Gasteiger partial charge >= 0.3 is 0 Å². The maximum Gasteiger partial charge on any atom is 0.0646 e. The largest absolute Gasteiger partial charge is 0.320 e. The molecule has 0 saturated carbocycles. The van der Waals surface area contributed by atoms with Gasteiger partial charge in [-0.15, -0.1) is 11.3 Å². The van der Waals surface area contributed by atoms with E-state index in [1.807, 2.05) is 12.1 Å². The molecule has 2 rings (SSSR count). The molecule has 90 valence electrons. The van der Waals surface area contributed by atoms with Crippen LogP contribution in [-0.2, 0) is 0 Å². The second kappa shape index (κ2) is 4.99. The summed E-state index contributed by atoms with van der Waals surface area (Å²) in [6, 6.07) is 7.53. The molecule has 0 aliphatic heterocycles. The van der Waals surface area contributed by atoms with Crippen LogP contribution in [0.2, 0.25) is 10.0 Å². The van der Waals surface area contributed by atoms with Crippen molar-refractivity contribution in [2.75, 3.05) is 0 Å². The zero-order valence-corrected chi connectivity index (χ0v) is 12.0. The number of hydrogen-bond donors (Lipinski definition) is 1. The molecular weight excluding hydrogens is 273 g/mol. The molecule has 4 heteroatoms. The highest BCUT2D eigenvalue weighted by Gasteiger charge is 2.13. The van der Waals surface area contributed by atoms with Gasteiger partial charge < -0.3 is 5.73 Å². The SMILES string of the molecule is Cc1cc(C(N)c2ccc(Cl)c(Cl)c2)sc1C. The van der Waals surface area contributed by atoms with Crippen LogP contribution in [0.1, 0.15) is 26.9 Å². The fourth-order valence-corrected chi connectivity index (χ4v) is 3.00. The predicted octanol–water partition coefficient (Wildman–Crippen LogP) is 4.72. The number of hydrogen-bond acceptors (Lipinski definition) is 2. The van der Waals surface area contributed by atoms with Crippen LogP contribution in [-0.4, -0.2) is 0 Å². The Hall–Kier alpha value is -0.540. The summed E-state index contributed by atoms with van der Waals surface area (Å²) >= 11 is 13.6. The molecule has 0 aliphatic carbocycles. The van der Waals surface area contributed by atoms with Crippen LogP contribution in [0, 0.1) is 13.8 Å². The molecule has 0 saturated heterocycles. The van der Waals surface area contributed by atoms with Crippen LogP contribution in [0.25, 0.3) is 0 Å². The van der Waals surface area contributed by atoms with Crippen molar-refractivity contribution in [3.8, 4) is 0 Å². The van der Waals surface area contributed by atoms with Crippen LogP contribution in [0.15, 0.2) is 24.3 Å². The number of aryl methyl sites for hydroxylation is 2. The van der Waals surface area contributed by atoms with Crippen LogP contribution in [0.3, 0.4) is 0 Å². The maximum atomic E-state index is 6.23. The smallest absolute Gasteiger partial charge is 0.0646 e. The predicted molar refractivity (Wildman–Crippen MR) is 76.3 cm³/mol. The molecule has 17 heavy (non-hydrogen) atoms. The minimum absolute atomic E-state index is 0.137. The van der Waals surface area contributed by atoms with Gasteiger partial charge in [0.25, 0.3) is 0 Å². The van der Waals surface area contributed by atoms with Gasteiger partial charge in [-0.1, -0.05) is 29.3 Å². The summed E-state index contributed by atoms with van der Waals surface area (Å²) in [5.41, 5.74) is 8.49. The van der Waals surface area contributed by atoms with Crippen molar-refractivity contribution in [1.82, 2.24) is 0 Å². The average Bonchev–Trinajstić information content (AvgIpc) is 2.62. The van der Waals surface area contributed by atoms with Gasteiger partial charge in [0.15, 0.2) is 0 Å². The summed E-state index contributed by atoms with van der Waals surface area (Å²) in [7, 11) is 0. The topological polar surface area (TPSA) is 26.0 Å². The number of nitrogens with two attached hydrogens (primary N) is 1. The fourth-order valence-electron chi connectivity index (χ4n) is 1.63. The van der Waals surface area contributed by atoms with E-state index in [1.165, 1.54) is 10.4 Å². The van der Waals surface area contributed by atoms with E-state index in [1.54, 1.807) is 17.4 Å². The molecule has 1 aromatic heterocycles. The number of rotatable bonds is 2. The van der Waals surface area contributed by atoms with Crippen molar-refractivity contribution in [2.24, 2.45) is 5.73 Å². The van der Waals surface area contributed by atoms with Gasteiger partial charge in [-0.2, -0.15) is 0 Å². The van der Waals surface area contributed by atoms with E-state index in [2.05, 4.69) is 19.9 Å². The van der Waals surface area contributed by atoms with Gasteiger partial charge in [-0.05, 0) is 43.2 Å². The molecular formula is C13H13Cl2NS. The molecule has 0 bridgehead atoms. The van der Waals surface area contributed by atoms with Gasteiger partial charge in [0, 0.05) is 9.75 Å². The molecule has 1 atom stereocenters. The Bertz CT molecular complexity index is 529. The van der Waals surface area contributed by atoms with Crippen LogP contribution < -0.4 is 5.73 Å². The Labute approximate surface area is 115 Å². The zero-order valence-electron chi connectivity index (χ0n) is 9.63. The van der Waals surface area contributed by atoms with Crippen molar-refractivity contribution in [3.05, 3.63) is 55.2 Å². The summed E-state index contributed by atoms with van der Waals surface area (Å²) in [4.78, 5) is 2.45. The van der Waals surface area contributed by atoms with Crippen molar-refractivity contribution in [1.29, 1.82) is 0 Å². The lowest BCUT2D eigenvalue weighted by atomic mass is 10.1. The second-order valence-corrected chi connectivity index (χ2v) is 6.14. The first-order valence-electron chi connectivity index (χ1n) is 5.26. The van der Waals surface area contributed by atoms with Gasteiger partial charge in [0.1, 0.15) is 0 Å². The fraction of sp³-hybridized carbons (Fsp3) is 0.231. The van der Waals surface area contributed by atoms with E-state index in [9.17, 15) is 0 Å². The average molecular weight is 286 g/mol. The summed E-state index contributed by atoms with van der Waals surface area (Å²) < 4.78 is 0. The van der Waals surface area contributed by atoms with E-state index in [-0.39, 0.29) is 6.04 Å². The summed E-state index contributed by atoms with van der Waals surface area (Å²) in [6.45, 7) is 4.20. The minimum atomic E-state index is -0.137. The van der Waals surface area contributed by atoms with Gasteiger partial charge in [0.05, 0.1) is 16.1 Å². The van der Waals surface area contributed by atoms with Gasteiger partial charge in [-0.25, -0.2) is 0 Å². The van der Waals surface area contributed by atoms with Crippen molar-refractivity contribution < 1.29 is 0 Å². The second-order valence-electron chi connectivity index (χ2n) is 4.04. The molecule has 0 spiro atoms. The number of thiophene rings is 1. The van der Waals surface area contributed by atoms with Gasteiger partial charge in [0.2, 0.25) is 0 Å². The minimum Gasteiger partial charge on any atom is -0.320 e. The molecule has 1 unspecified atom stereocenters. The lowest BCUT2D eigenvalue weighted by molar-refractivity contribution is 0.893. The highest BCUT2D eigenvalue weighted by atomic mass is 35.5. The first-order chi connectivity index (χ1) is 7.99. The highest BCUT2D eigenvalue weighted by Crippen LogP contribution is 2.32. The van der Waals surface area contributed by atoms with Crippen molar-refractivity contribution in [3.63, 3.8) is 0 Å². The Morgan fingerprint density at radius 1 is 1.12 bits per heavy atom. The number of benzene rings is 1. The molecule has 1 nitrogen and oxygen atoms in total. The summed E-state index contributed by atoms with van der Waals surface area (Å²) in [5, 5.41) is 1.10. The lowest BCUT2D eigenvalue weighted by Crippen LogP contribution is -2.10. The number of halogens is 2. The molecule has 0 aliphatic rings. The van der Waals surface area contributed by atoms with Crippen molar-refractivity contribution in [2.45, 2.75) is 19.9 Å². The third-order valence-corrected chi connectivity index (χ3v) is 4.77.